The van der Waals surface area contributed by atoms with E-state index in [4.69, 9.17) is 5.73 Å². The number of pyridine rings is 1. The van der Waals surface area contributed by atoms with Crippen molar-refractivity contribution in [1.82, 2.24) is 15.0 Å². The molecule has 2 N–H and O–H groups in total. The van der Waals surface area contributed by atoms with Gasteiger partial charge in [-0.3, -0.25) is 4.98 Å². The Morgan fingerprint density at radius 3 is 2.63 bits per heavy atom. The summed E-state index contributed by atoms with van der Waals surface area (Å²) in [6.07, 6.45) is -0.952. The Balaban J connectivity index is 2.39. The van der Waals surface area contributed by atoms with Crippen LogP contribution in [0.5, 0.6) is 0 Å². The van der Waals surface area contributed by atoms with E-state index in [1.54, 1.807) is 6.92 Å². The van der Waals surface area contributed by atoms with Gasteiger partial charge in [-0.25, -0.2) is 9.97 Å². The van der Waals surface area contributed by atoms with E-state index in [9.17, 15) is 13.2 Å². The fourth-order valence-corrected chi connectivity index (χ4v) is 2.22. The molecule has 0 atom stereocenters. The molecule has 0 unspecified atom stereocenters. The predicted molar refractivity (Wildman–Crippen MR) is 64.5 cm³/mol. The second kappa shape index (κ2) is 5.04. The van der Waals surface area contributed by atoms with E-state index in [1.807, 2.05) is 0 Å². The van der Waals surface area contributed by atoms with Crippen LogP contribution in [-0.2, 0) is 6.18 Å². The lowest BCUT2D eigenvalue weighted by molar-refractivity contribution is -0.140. The number of halogens is 3. The Hall–Kier alpha value is -1.83. The lowest BCUT2D eigenvalue weighted by Gasteiger charge is -2.11. The second-order valence-corrected chi connectivity index (χ2v) is 4.70. The number of rotatable bonds is 2. The average Bonchev–Trinajstić information content (AvgIpc) is 2.32. The largest absolute Gasteiger partial charge is 0.418 e. The van der Waals surface area contributed by atoms with Gasteiger partial charge in [0, 0.05) is 23.5 Å². The Morgan fingerprint density at radius 1 is 1.26 bits per heavy atom. The highest BCUT2D eigenvalue weighted by Crippen LogP contribution is 2.39. The van der Waals surface area contributed by atoms with Crippen LogP contribution < -0.4 is 5.73 Å². The topological polar surface area (TPSA) is 64.7 Å². The first-order valence-electron chi connectivity index (χ1n) is 5.16. The van der Waals surface area contributed by atoms with Crippen molar-refractivity contribution in [3.8, 4) is 0 Å². The highest BCUT2D eigenvalue weighted by Gasteiger charge is 2.34. The van der Waals surface area contributed by atoms with Crippen LogP contribution in [0, 0.1) is 6.92 Å². The molecule has 19 heavy (non-hydrogen) atoms. The van der Waals surface area contributed by atoms with Crippen molar-refractivity contribution in [2.24, 2.45) is 0 Å². The van der Waals surface area contributed by atoms with E-state index in [-0.39, 0.29) is 15.7 Å². The Labute approximate surface area is 111 Å². The minimum atomic E-state index is -4.47. The van der Waals surface area contributed by atoms with Crippen LogP contribution in [-0.4, -0.2) is 15.0 Å². The van der Waals surface area contributed by atoms with E-state index in [0.29, 0.717) is 5.69 Å². The molecule has 0 amide bonds. The van der Waals surface area contributed by atoms with Crippen molar-refractivity contribution in [1.29, 1.82) is 0 Å². The number of hydrogen-bond donors (Lipinski definition) is 1. The molecule has 0 saturated heterocycles. The molecule has 2 aromatic rings. The monoisotopic (exact) mass is 286 g/mol. The molecular weight excluding hydrogens is 277 g/mol. The van der Waals surface area contributed by atoms with E-state index < -0.39 is 11.7 Å². The van der Waals surface area contributed by atoms with E-state index in [0.717, 1.165) is 18.0 Å². The highest BCUT2D eigenvalue weighted by molar-refractivity contribution is 7.99. The third-order valence-electron chi connectivity index (χ3n) is 2.18. The summed E-state index contributed by atoms with van der Waals surface area (Å²) in [6, 6.07) is 1.27. The summed E-state index contributed by atoms with van der Waals surface area (Å²) in [5, 5.41) is 0.238. The quantitative estimate of drug-likeness (QED) is 0.919. The number of aromatic nitrogens is 3. The van der Waals surface area contributed by atoms with Gasteiger partial charge < -0.3 is 5.73 Å². The smallest absolute Gasteiger partial charge is 0.381 e. The lowest BCUT2D eigenvalue weighted by Crippen LogP contribution is -2.07. The van der Waals surface area contributed by atoms with Gasteiger partial charge in [0.15, 0.2) is 5.82 Å². The standard InChI is InChI=1S/C11H9F3N4S/c1-6-4-17-10(9(15)18-6)19-8-2-3-16-5-7(8)11(12,13)14/h2-5H,1H3,(H2,15,18). The number of hydrogen-bond acceptors (Lipinski definition) is 5. The maximum Gasteiger partial charge on any atom is 0.418 e. The van der Waals surface area contributed by atoms with Crippen LogP contribution in [0.1, 0.15) is 11.3 Å². The minimum Gasteiger partial charge on any atom is -0.381 e. The molecule has 0 radical (unpaired) electrons. The van der Waals surface area contributed by atoms with Gasteiger partial charge in [-0.1, -0.05) is 11.8 Å². The highest BCUT2D eigenvalue weighted by atomic mass is 32.2. The Bertz CT molecular complexity index is 601. The molecule has 0 aliphatic carbocycles. The summed E-state index contributed by atoms with van der Waals surface area (Å²) in [7, 11) is 0. The first-order chi connectivity index (χ1) is 8.88. The summed E-state index contributed by atoms with van der Waals surface area (Å²) < 4.78 is 38.4. The Kier molecular flexibility index (Phi) is 3.61. The summed E-state index contributed by atoms with van der Waals surface area (Å²) in [5.74, 6) is 0.106. The van der Waals surface area contributed by atoms with Crippen LogP contribution in [0.25, 0.3) is 0 Å². The van der Waals surface area contributed by atoms with Gasteiger partial charge in [0.2, 0.25) is 0 Å². The number of alkyl halides is 3. The molecule has 100 valence electrons. The molecule has 0 aliphatic heterocycles. The number of nitrogens with two attached hydrogens (primary N) is 1. The van der Waals surface area contributed by atoms with Crippen LogP contribution in [0.2, 0.25) is 0 Å². The lowest BCUT2D eigenvalue weighted by atomic mass is 10.3. The zero-order valence-electron chi connectivity index (χ0n) is 9.77. The molecule has 2 heterocycles. The van der Waals surface area contributed by atoms with Crippen molar-refractivity contribution >= 4 is 17.6 Å². The first kappa shape index (κ1) is 13.6. The molecule has 8 heteroatoms. The van der Waals surface area contributed by atoms with Gasteiger partial charge in [0.1, 0.15) is 5.03 Å². The van der Waals surface area contributed by atoms with Gasteiger partial charge >= 0.3 is 6.18 Å². The van der Waals surface area contributed by atoms with Crippen LogP contribution in [0.3, 0.4) is 0 Å². The molecule has 4 nitrogen and oxygen atoms in total. The molecule has 2 rings (SSSR count). The third-order valence-corrected chi connectivity index (χ3v) is 3.26. The maximum absolute atomic E-state index is 12.8. The fourth-order valence-electron chi connectivity index (χ4n) is 1.35. The van der Waals surface area contributed by atoms with Crippen molar-refractivity contribution in [3.05, 3.63) is 35.9 Å². The average molecular weight is 286 g/mol. The van der Waals surface area contributed by atoms with E-state index in [2.05, 4.69) is 15.0 Å². The molecule has 0 saturated carbocycles. The van der Waals surface area contributed by atoms with Crippen LogP contribution in [0.15, 0.2) is 34.6 Å². The molecule has 0 spiro atoms. The molecule has 2 aromatic heterocycles. The summed E-state index contributed by atoms with van der Waals surface area (Å²) in [4.78, 5) is 11.4. The molecule has 0 aromatic carbocycles. The van der Waals surface area contributed by atoms with Crippen molar-refractivity contribution in [2.45, 2.75) is 23.0 Å². The second-order valence-electron chi connectivity index (χ2n) is 3.67. The number of aryl methyl sites for hydroxylation is 1. The van der Waals surface area contributed by atoms with Crippen molar-refractivity contribution in [3.63, 3.8) is 0 Å². The minimum absolute atomic E-state index is 0.00708. The van der Waals surface area contributed by atoms with Gasteiger partial charge in [-0.2, -0.15) is 13.2 Å². The normalized spacial score (nSPS) is 11.6. The van der Waals surface area contributed by atoms with E-state index in [1.165, 1.54) is 18.5 Å². The van der Waals surface area contributed by atoms with E-state index >= 15 is 0 Å². The summed E-state index contributed by atoms with van der Waals surface area (Å²) >= 11 is 0.818. The van der Waals surface area contributed by atoms with Crippen molar-refractivity contribution in [2.75, 3.05) is 5.73 Å². The van der Waals surface area contributed by atoms with Gasteiger partial charge in [0.25, 0.3) is 0 Å². The Morgan fingerprint density at radius 2 is 2.00 bits per heavy atom. The number of anilines is 1. The fraction of sp³-hybridized carbons (Fsp3) is 0.182. The first-order valence-corrected chi connectivity index (χ1v) is 5.98. The molecule has 0 bridgehead atoms. The number of nitrogen functional groups attached to an aromatic ring is 1. The summed E-state index contributed by atoms with van der Waals surface area (Å²) in [5.41, 5.74) is 5.42. The zero-order valence-corrected chi connectivity index (χ0v) is 10.6. The zero-order chi connectivity index (χ0) is 14.0. The van der Waals surface area contributed by atoms with Crippen molar-refractivity contribution < 1.29 is 13.2 Å². The molecule has 0 aliphatic rings. The third kappa shape index (κ3) is 3.14. The van der Waals surface area contributed by atoms with Crippen LogP contribution in [0.4, 0.5) is 19.0 Å². The van der Waals surface area contributed by atoms with Gasteiger partial charge in [-0.15, -0.1) is 0 Å². The van der Waals surface area contributed by atoms with Gasteiger partial charge in [0.05, 0.1) is 11.3 Å². The molecule has 0 fully saturated rings. The predicted octanol–water partition coefficient (Wildman–Crippen LogP) is 2.93. The summed E-state index contributed by atoms with van der Waals surface area (Å²) in [6.45, 7) is 1.70. The maximum atomic E-state index is 12.8. The van der Waals surface area contributed by atoms with Gasteiger partial charge in [-0.05, 0) is 13.0 Å². The van der Waals surface area contributed by atoms with Crippen LogP contribution >= 0.6 is 11.8 Å². The SMILES string of the molecule is Cc1cnc(Sc2ccncc2C(F)(F)F)c(N)n1. The molecular formula is C11H9F3N4S. The number of nitrogens with zero attached hydrogens (tertiary/aromatic N) is 3.